The number of hydrogen-bond donors (Lipinski definition) is 4. The molecule has 2 aliphatic rings. The molecule has 8 aromatic rings. The van der Waals surface area contributed by atoms with Crippen molar-refractivity contribution in [3.8, 4) is 22.3 Å². The minimum atomic E-state index is -0.482. The van der Waals surface area contributed by atoms with Crippen LogP contribution in [0.3, 0.4) is 0 Å². The van der Waals surface area contributed by atoms with E-state index in [4.69, 9.17) is 21.1 Å². The minimum absolute atomic E-state index is 0.194. The quantitative estimate of drug-likeness (QED) is 0.0594. The normalized spacial score (nSPS) is 13.7. The molecule has 2 fully saturated rings. The average molecular weight is 975 g/mol. The van der Waals surface area contributed by atoms with Gasteiger partial charge >= 0.3 is 0 Å². The molecule has 0 unspecified atom stereocenters. The van der Waals surface area contributed by atoms with Gasteiger partial charge in [-0.25, -0.2) is 29.6 Å². The van der Waals surface area contributed by atoms with E-state index in [0.29, 0.717) is 69.0 Å². The summed E-state index contributed by atoms with van der Waals surface area (Å²) in [6.45, 7) is 4.44. The number of ether oxygens (including phenoxy) is 2. The van der Waals surface area contributed by atoms with Crippen molar-refractivity contribution < 1.29 is 18.3 Å². The van der Waals surface area contributed by atoms with Crippen LogP contribution in [0.2, 0.25) is 5.02 Å². The van der Waals surface area contributed by atoms with Gasteiger partial charge in [-0.1, -0.05) is 41.9 Å². The number of aromatic nitrogens is 8. The first-order valence-corrected chi connectivity index (χ1v) is 22.7. The molecule has 0 spiro atoms. The Morgan fingerprint density at radius 3 is 1.49 bits per heavy atom. The predicted molar refractivity (Wildman–Crippen MR) is 272 cm³/mol. The molecule has 0 radical (unpaired) electrons. The number of morpholine rings is 2. The van der Waals surface area contributed by atoms with Gasteiger partial charge in [0.25, 0.3) is 0 Å². The number of benzene rings is 2. The number of pyridine rings is 4. The van der Waals surface area contributed by atoms with Crippen molar-refractivity contribution in [1.29, 1.82) is 0 Å². The van der Waals surface area contributed by atoms with Crippen LogP contribution < -0.4 is 31.3 Å². The second-order valence-corrected chi connectivity index (χ2v) is 16.0. The summed E-state index contributed by atoms with van der Waals surface area (Å²) < 4.78 is 38.9. The van der Waals surface area contributed by atoms with Crippen molar-refractivity contribution in [3.05, 3.63) is 169 Å². The highest BCUT2D eigenvalue weighted by molar-refractivity contribution is 6.33. The molecule has 10 rings (SSSR count). The first-order chi connectivity index (χ1) is 34.9. The van der Waals surface area contributed by atoms with Crippen molar-refractivity contribution in [2.75, 3.05) is 83.9 Å². The summed E-state index contributed by atoms with van der Waals surface area (Å²) in [6.07, 6.45) is 15.9. The lowest BCUT2D eigenvalue weighted by Gasteiger charge is -2.27. The molecule has 2 saturated heterocycles. The Morgan fingerprint density at radius 1 is 0.521 bits per heavy atom. The Bertz CT molecular complexity index is 3040. The number of hydrogen-bond acceptors (Lipinski definition) is 18. The summed E-state index contributed by atoms with van der Waals surface area (Å²) in [7, 11) is 0. The van der Waals surface area contributed by atoms with Crippen LogP contribution in [0.15, 0.2) is 151 Å². The molecule has 0 atom stereocenters. The van der Waals surface area contributed by atoms with Gasteiger partial charge in [-0.3, -0.25) is 19.9 Å². The number of hydrazone groups is 2. The Labute approximate surface area is 412 Å². The lowest BCUT2D eigenvalue weighted by Crippen LogP contribution is -2.37. The monoisotopic (exact) mass is 974 g/mol. The molecule has 0 amide bonds. The van der Waals surface area contributed by atoms with E-state index in [1.165, 1.54) is 6.21 Å². The highest BCUT2D eigenvalue weighted by atomic mass is 35.5. The number of nitrogens with one attached hydrogen (secondary N) is 4. The van der Waals surface area contributed by atoms with E-state index in [9.17, 15) is 8.78 Å². The molecule has 6 aromatic heterocycles. The molecule has 21 heteroatoms. The standard InChI is InChI=1S/C25H22ClFN8O.C25H23FN8O/c26-22-12-18(5-6-21(22)17-2-1-7-28-13-17)32-20-4-3-19(29-14-20)15-31-34-25-30-16-23(27)24(33-25)35-8-10-36-11-9-35;26-23-17-29-25(32-24(23)34-10-12-35-13-11-34)33-30-16-21-7-8-22(15-28-21)31-20-5-3-18(4-6-20)19-2-1-9-27-14-19/h1-7,12-16,32H,8-11H2,(H,30,33,34);1-9,14-17,31H,10-13H2,(H,29,32,33)/b31-15+;30-16+. The van der Waals surface area contributed by atoms with E-state index in [0.717, 1.165) is 57.4 Å². The van der Waals surface area contributed by atoms with Crippen molar-refractivity contribution in [1.82, 2.24) is 39.9 Å². The summed E-state index contributed by atoms with van der Waals surface area (Å²) in [5, 5.41) is 15.5. The molecular weight excluding hydrogens is 930 g/mol. The Hall–Kier alpha value is -8.59. The van der Waals surface area contributed by atoms with Crippen LogP contribution in [0.25, 0.3) is 22.3 Å². The van der Waals surface area contributed by atoms with E-state index >= 15 is 0 Å². The second-order valence-electron chi connectivity index (χ2n) is 15.6. The van der Waals surface area contributed by atoms with Crippen LogP contribution in [0.5, 0.6) is 0 Å². The van der Waals surface area contributed by atoms with Crippen molar-refractivity contribution in [3.63, 3.8) is 0 Å². The van der Waals surface area contributed by atoms with Gasteiger partial charge in [0.15, 0.2) is 23.3 Å². The van der Waals surface area contributed by atoms with Gasteiger partial charge in [-0.05, 0) is 71.8 Å². The van der Waals surface area contributed by atoms with Crippen LogP contribution in [0, 0.1) is 11.6 Å². The van der Waals surface area contributed by atoms with Gasteiger partial charge in [0, 0.05) is 73.5 Å². The summed E-state index contributed by atoms with van der Waals surface area (Å²) >= 11 is 6.48. The number of halogens is 3. The molecule has 2 aliphatic heterocycles. The minimum Gasteiger partial charge on any atom is -0.378 e. The predicted octanol–water partition coefficient (Wildman–Crippen LogP) is 8.85. The van der Waals surface area contributed by atoms with Gasteiger partial charge in [-0.2, -0.15) is 20.2 Å². The van der Waals surface area contributed by atoms with Crippen LogP contribution >= 0.6 is 11.6 Å². The molecule has 0 bridgehead atoms. The molecule has 4 N–H and O–H groups in total. The van der Waals surface area contributed by atoms with Crippen molar-refractivity contribution in [2.24, 2.45) is 10.2 Å². The lowest BCUT2D eigenvalue weighted by molar-refractivity contribution is 0.122. The maximum Gasteiger partial charge on any atom is 0.245 e. The van der Waals surface area contributed by atoms with E-state index in [2.05, 4.69) is 71.6 Å². The van der Waals surface area contributed by atoms with Crippen LogP contribution in [-0.2, 0) is 9.47 Å². The van der Waals surface area contributed by atoms with Crippen LogP contribution in [-0.4, -0.2) is 105 Å². The van der Waals surface area contributed by atoms with Gasteiger partial charge in [-0.15, -0.1) is 0 Å². The molecular formula is C50H45ClF2N16O2. The van der Waals surface area contributed by atoms with Crippen molar-refractivity contribution in [2.45, 2.75) is 0 Å². The van der Waals surface area contributed by atoms with Gasteiger partial charge < -0.3 is 29.9 Å². The number of rotatable bonds is 14. The molecule has 8 heterocycles. The van der Waals surface area contributed by atoms with E-state index in [1.807, 2.05) is 107 Å². The lowest BCUT2D eigenvalue weighted by atomic mass is 10.1. The van der Waals surface area contributed by atoms with E-state index in [1.54, 1.807) is 37.2 Å². The Balaban J connectivity index is 0.000000176. The molecule has 71 heavy (non-hydrogen) atoms. The number of nitrogens with zero attached hydrogens (tertiary/aromatic N) is 12. The third-order valence-electron chi connectivity index (χ3n) is 10.8. The molecule has 18 nitrogen and oxygen atoms in total. The zero-order valence-corrected chi connectivity index (χ0v) is 38.7. The molecule has 358 valence electrons. The zero-order valence-electron chi connectivity index (χ0n) is 37.9. The smallest absolute Gasteiger partial charge is 0.245 e. The third kappa shape index (κ3) is 13.1. The van der Waals surface area contributed by atoms with Crippen LogP contribution in [0.4, 0.5) is 55.1 Å². The summed E-state index contributed by atoms with van der Waals surface area (Å²) in [4.78, 5) is 37.1. The first kappa shape index (κ1) is 47.5. The molecule has 0 saturated carbocycles. The SMILES string of the molecule is Fc1cnc(N/N=C/c2ccc(Nc3ccc(-c4cccnc4)c(Cl)c3)cn2)nc1N1CCOCC1.Fc1cnc(N/N=C/c2ccc(Nc3ccc(-c4cccnc4)cc3)cn2)nc1N1CCOCC1. The molecule has 2 aromatic carbocycles. The Kier molecular flexibility index (Phi) is 15.8. The van der Waals surface area contributed by atoms with Gasteiger partial charge in [0.2, 0.25) is 11.9 Å². The van der Waals surface area contributed by atoms with Crippen LogP contribution in [0.1, 0.15) is 11.4 Å². The van der Waals surface area contributed by atoms with Gasteiger partial charge in [0.1, 0.15) is 0 Å². The van der Waals surface area contributed by atoms with E-state index in [-0.39, 0.29) is 23.5 Å². The third-order valence-corrected chi connectivity index (χ3v) is 11.1. The fourth-order valence-corrected chi connectivity index (χ4v) is 7.49. The van der Waals surface area contributed by atoms with Gasteiger partial charge in [0.05, 0.1) is 91.4 Å². The highest BCUT2D eigenvalue weighted by Gasteiger charge is 2.19. The van der Waals surface area contributed by atoms with E-state index < -0.39 is 11.6 Å². The largest absolute Gasteiger partial charge is 0.378 e. The maximum atomic E-state index is 14.2. The fraction of sp³-hybridized carbons (Fsp3) is 0.160. The highest BCUT2D eigenvalue weighted by Crippen LogP contribution is 2.31. The Morgan fingerprint density at radius 2 is 1.01 bits per heavy atom. The summed E-state index contributed by atoms with van der Waals surface area (Å²) in [5.41, 5.74) is 14.2. The summed E-state index contributed by atoms with van der Waals surface area (Å²) in [5.74, 6) is -0.0885. The van der Waals surface area contributed by atoms with Crippen molar-refractivity contribution >= 4 is 70.3 Å². The fourth-order valence-electron chi connectivity index (χ4n) is 7.20. The maximum absolute atomic E-state index is 14.2. The number of anilines is 8. The average Bonchev–Trinajstić information content (AvgIpc) is 3.42. The second kappa shape index (κ2) is 23.6. The molecule has 0 aliphatic carbocycles. The topological polar surface area (TPSA) is 201 Å². The zero-order chi connectivity index (χ0) is 48.6. The first-order valence-electron chi connectivity index (χ1n) is 22.4. The summed E-state index contributed by atoms with van der Waals surface area (Å²) in [6, 6.07) is 29.1.